The van der Waals surface area contributed by atoms with Crippen LogP contribution in [0.25, 0.3) is 0 Å². The maximum Gasteiger partial charge on any atom is 0.282 e. The number of hydrogen-bond donors (Lipinski definition) is 1. The molecule has 1 aliphatic carbocycles. The van der Waals surface area contributed by atoms with Crippen LogP contribution >= 0.6 is 11.6 Å². The topological polar surface area (TPSA) is 72.2 Å². The average molecular weight is 311 g/mol. The number of carbonyl (C=O) groups is 1. The van der Waals surface area contributed by atoms with E-state index in [1.165, 1.54) is 6.07 Å². The average Bonchev–Trinajstić information content (AvgIpc) is 2.91. The first-order chi connectivity index (χ1) is 10.0. The van der Waals surface area contributed by atoms with Crippen molar-refractivity contribution in [2.24, 2.45) is 11.8 Å². The number of nitrogens with one attached hydrogen (secondary N) is 1. The molecule has 5 nitrogen and oxygen atoms in total. The smallest absolute Gasteiger partial charge is 0.282 e. The van der Waals surface area contributed by atoms with E-state index in [4.69, 9.17) is 11.6 Å². The molecule has 1 N–H and O–H groups in total. The van der Waals surface area contributed by atoms with Crippen LogP contribution in [0.2, 0.25) is 0 Å². The van der Waals surface area contributed by atoms with Crippen LogP contribution in [0.3, 0.4) is 0 Å². The van der Waals surface area contributed by atoms with Crippen LogP contribution < -0.4 is 5.32 Å². The van der Waals surface area contributed by atoms with Crippen molar-refractivity contribution in [3.63, 3.8) is 0 Å². The van der Waals surface area contributed by atoms with Crippen molar-refractivity contribution < 1.29 is 9.72 Å². The minimum Gasteiger partial charge on any atom is -0.352 e. The first kappa shape index (κ1) is 15.8. The molecule has 0 spiro atoms. The third kappa shape index (κ3) is 3.53. The lowest BCUT2D eigenvalue weighted by Gasteiger charge is -2.18. The third-order valence-corrected chi connectivity index (χ3v) is 4.61. The summed E-state index contributed by atoms with van der Waals surface area (Å²) in [4.78, 5) is 22.8. The quantitative estimate of drug-likeness (QED) is 0.515. The zero-order valence-corrected chi connectivity index (χ0v) is 12.7. The van der Waals surface area contributed by atoms with Crippen molar-refractivity contribution in [3.05, 3.63) is 39.4 Å². The molecule has 1 saturated carbocycles. The second-order valence-electron chi connectivity index (χ2n) is 5.54. The standard InChI is InChI=1S/C15H19ClN2O3/c1-10-4-2-7-13(18(20)21)14(10)15(19)17-9-12-6-3-5-11(12)8-16/h2,4,7,11-12H,3,5-6,8-9H2,1H3,(H,17,19). The summed E-state index contributed by atoms with van der Waals surface area (Å²) in [7, 11) is 0. The molecule has 6 heteroatoms. The van der Waals surface area contributed by atoms with Crippen molar-refractivity contribution in [2.75, 3.05) is 12.4 Å². The maximum absolute atomic E-state index is 12.3. The number of halogens is 1. The lowest BCUT2D eigenvalue weighted by atomic mass is 9.97. The van der Waals surface area contributed by atoms with E-state index in [1.807, 2.05) is 0 Å². The fourth-order valence-electron chi connectivity index (χ4n) is 3.00. The van der Waals surface area contributed by atoms with E-state index < -0.39 is 4.92 Å². The van der Waals surface area contributed by atoms with Crippen molar-refractivity contribution >= 4 is 23.2 Å². The van der Waals surface area contributed by atoms with Gasteiger partial charge in [-0.2, -0.15) is 0 Å². The number of amides is 1. The summed E-state index contributed by atoms with van der Waals surface area (Å²) in [6.07, 6.45) is 3.27. The summed E-state index contributed by atoms with van der Waals surface area (Å²) in [5.74, 6) is 1.03. The Bertz CT molecular complexity index is 548. The van der Waals surface area contributed by atoms with Crippen LogP contribution in [0.1, 0.15) is 35.2 Å². The molecule has 0 aliphatic heterocycles. The highest BCUT2D eigenvalue weighted by atomic mass is 35.5. The van der Waals surface area contributed by atoms with Gasteiger partial charge in [0.1, 0.15) is 5.56 Å². The van der Waals surface area contributed by atoms with Gasteiger partial charge in [-0.25, -0.2) is 0 Å². The lowest BCUT2D eigenvalue weighted by Crippen LogP contribution is -2.32. The molecule has 0 bridgehead atoms. The van der Waals surface area contributed by atoms with Crippen LogP contribution in [0, 0.1) is 28.9 Å². The molecule has 1 aromatic rings. The molecule has 2 atom stereocenters. The Labute approximate surface area is 128 Å². The molecule has 1 aliphatic rings. The number of nitro benzene ring substituents is 1. The summed E-state index contributed by atoms with van der Waals surface area (Å²) < 4.78 is 0. The maximum atomic E-state index is 12.3. The van der Waals surface area contributed by atoms with Gasteiger partial charge in [-0.05, 0) is 37.2 Å². The Kier molecular flexibility index (Phi) is 5.17. The third-order valence-electron chi connectivity index (χ3n) is 4.21. The number of carbonyl (C=O) groups excluding carboxylic acids is 1. The Morgan fingerprint density at radius 3 is 2.81 bits per heavy atom. The van der Waals surface area contributed by atoms with Gasteiger partial charge in [-0.1, -0.05) is 18.6 Å². The molecule has 1 aromatic carbocycles. The zero-order chi connectivity index (χ0) is 15.4. The highest BCUT2D eigenvalue weighted by Crippen LogP contribution is 2.32. The lowest BCUT2D eigenvalue weighted by molar-refractivity contribution is -0.385. The molecule has 0 heterocycles. The Balaban J connectivity index is 2.09. The van der Waals surface area contributed by atoms with E-state index in [0.29, 0.717) is 29.8 Å². The fourth-order valence-corrected chi connectivity index (χ4v) is 3.40. The minimum absolute atomic E-state index is 0.146. The zero-order valence-electron chi connectivity index (χ0n) is 12.0. The largest absolute Gasteiger partial charge is 0.352 e. The minimum atomic E-state index is -0.515. The van der Waals surface area contributed by atoms with Crippen LogP contribution in [-0.4, -0.2) is 23.3 Å². The van der Waals surface area contributed by atoms with Crippen LogP contribution in [0.15, 0.2) is 18.2 Å². The predicted octanol–water partition coefficient (Wildman–Crippen LogP) is 3.29. The van der Waals surface area contributed by atoms with Crippen molar-refractivity contribution in [1.82, 2.24) is 5.32 Å². The van der Waals surface area contributed by atoms with Gasteiger partial charge in [0.2, 0.25) is 0 Å². The Hall–Kier alpha value is -1.62. The number of rotatable bonds is 5. The monoisotopic (exact) mass is 310 g/mol. The van der Waals surface area contributed by atoms with Crippen LogP contribution in [-0.2, 0) is 0 Å². The van der Waals surface area contributed by atoms with Gasteiger partial charge in [0, 0.05) is 18.5 Å². The van der Waals surface area contributed by atoms with Crippen molar-refractivity contribution in [3.8, 4) is 0 Å². The fraction of sp³-hybridized carbons (Fsp3) is 0.533. The molecule has 1 fully saturated rings. The van der Waals surface area contributed by atoms with E-state index in [-0.39, 0.29) is 17.2 Å². The van der Waals surface area contributed by atoms with Crippen molar-refractivity contribution in [1.29, 1.82) is 0 Å². The highest BCUT2D eigenvalue weighted by molar-refractivity contribution is 6.18. The van der Waals surface area contributed by atoms with Gasteiger partial charge < -0.3 is 5.32 Å². The summed E-state index contributed by atoms with van der Waals surface area (Å²) in [5, 5.41) is 13.9. The van der Waals surface area contributed by atoms with E-state index in [1.54, 1.807) is 19.1 Å². The van der Waals surface area contributed by atoms with E-state index in [2.05, 4.69) is 5.32 Å². The summed E-state index contributed by atoms with van der Waals surface area (Å²) >= 11 is 5.92. The van der Waals surface area contributed by atoms with Crippen molar-refractivity contribution in [2.45, 2.75) is 26.2 Å². The molecular formula is C15H19ClN2O3. The normalized spacial score (nSPS) is 21.2. The van der Waals surface area contributed by atoms with Crippen LogP contribution in [0.4, 0.5) is 5.69 Å². The molecule has 1 amide bonds. The van der Waals surface area contributed by atoms with Gasteiger partial charge in [0.15, 0.2) is 0 Å². The Morgan fingerprint density at radius 1 is 1.43 bits per heavy atom. The second kappa shape index (κ2) is 6.89. The van der Waals surface area contributed by atoms with Gasteiger partial charge in [-0.3, -0.25) is 14.9 Å². The number of benzene rings is 1. The number of nitrogens with zero attached hydrogens (tertiary/aromatic N) is 1. The second-order valence-corrected chi connectivity index (χ2v) is 5.85. The van der Waals surface area contributed by atoms with Gasteiger partial charge in [0.05, 0.1) is 4.92 Å². The number of aryl methyl sites for hydroxylation is 1. The molecule has 0 radical (unpaired) electrons. The molecule has 2 rings (SSSR count). The first-order valence-electron chi connectivity index (χ1n) is 7.12. The molecule has 2 unspecified atom stereocenters. The number of alkyl halides is 1. The molecule has 0 saturated heterocycles. The highest BCUT2D eigenvalue weighted by Gasteiger charge is 2.28. The summed E-state index contributed by atoms with van der Waals surface area (Å²) in [5.41, 5.74) is 0.623. The Morgan fingerprint density at radius 2 is 2.14 bits per heavy atom. The SMILES string of the molecule is Cc1cccc([N+](=O)[O-])c1C(=O)NCC1CCCC1CCl. The van der Waals surface area contributed by atoms with E-state index in [0.717, 1.165) is 19.3 Å². The first-order valence-corrected chi connectivity index (χ1v) is 7.66. The van der Waals surface area contributed by atoms with E-state index >= 15 is 0 Å². The summed E-state index contributed by atoms with van der Waals surface area (Å²) in [6, 6.07) is 4.66. The molecular weight excluding hydrogens is 292 g/mol. The van der Waals surface area contributed by atoms with Crippen LogP contribution in [0.5, 0.6) is 0 Å². The predicted molar refractivity (Wildman–Crippen MR) is 81.7 cm³/mol. The van der Waals surface area contributed by atoms with Gasteiger partial charge >= 0.3 is 0 Å². The summed E-state index contributed by atoms with van der Waals surface area (Å²) in [6.45, 7) is 2.24. The number of hydrogen-bond acceptors (Lipinski definition) is 3. The molecule has 0 aromatic heterocycles. The van der Waals surface area contributed by atoms with E-state index in [9.17, 15) is 14.9 Å². The number of nitro groups is 1. The molecule has 114 valence electrons. The van der Waals surface area contributed by atoms with Gasteiger partial charge in [-0.15, -0.1) is 11.6 Å². The van der Waals surface area contributed by atoms with Gasteiger partial charge in [0.25, 0.3) is 11.6 Å². The molecule has 21 heavy (non-hydrogen) atoms.